The molecule has 2 aromatic carbocycles. The molecule has 3 rings (SSSR count). The van der Waals surface area contributed by atoms with Crippen LogP contribution in [0.25, 0.3) is 0 Å². The van der Waals surface area contributed by atoms with Gasteiger partial charge >= 0.3 is 0 Å². The Balaban J connectivity index is 0.00000280. The van der Waals surface area contributed by atoms with E-state index in [1.54, 1.807) is 18.1 Å². The summed E-state index contributed by atoms with van der Waals surface area (Å²) in [5.41, 5.74) is 3.57. The zero-order valence-electron chi connectivity index (χ0n) is 15.5. The number of amidine groups is 1. The van der Waals surface area contributed by atoms with E-state index in [1.807, 2.05) is 48.7 Å². The summed E-state index contributed by atoms with van der Waals surface area (Å²) in [7, 11) is 0. The molecule has 0 bridgehead atoms. The summed E-state index contributed by atoms with van der Waals surface area (Å²) in [6, 6.07) is 18.2. The number of thioether (sulfide) groups is 1. The monoisotopic (exact) mass is 478 g/mol. The Morgan fingerprint density at radius 2 is 1.86 bits per heavy atom. The molecule has 0 saturated carbocycles. The van der Waals surface area contributed by atoms with Crippen molar-refractivity contribution in [1.29, 1.82) is 0 Å². The summed E-state index contributed by atoms with van der Waals surface area (Å²) < 4.78 is 0. The molecule has 28 heavy (non-hydrogen) atoms. The van der Waals surface area contributed by atoms with Gasteiger partial charge in [0.05, 0.1) is 12.9 Å². The molecule has 0 aliphatic heterocycles. The predicted molar refractivity (Wildman–Crippen MR) is 126 cm³/mol. The van der Waals surface area contributed by atoms with E-state index in [2.05, 4.69) is 27.4 Å². The summed E-state index contributed by atoms with van der Waals surface area (Å²) in [4.78, 5) is 12.0. The lowest BCUT2D eigenvalue weighted by Gasteiger charge is -2.10. The number of aromatic amines is 1. The number of hydrogen-bond donors (Lipinski definition) is 2. The number of nitrogens with one attached hydrogen (secondary N) is 2. The van der Waals surface area contributed by atoms with E-state index in [4.69, 9.17) is 16.6 Å². The molecule has 1 heterocycles. The number of nitrogens with zero attached hydrogens (tertiary/aromatic N) is 2. The van der Waals surface area contributed by atoms with Gasteiger partial charge in [-0.15, -0.1) is 17.0 Å². The minimum Gasteiger partial charge on any atom is -0.361 e. The van der Waals surface area contributed by atoms with Crippen molar-refractivity contribution in [3.8, 4) is 0 Å². The number of benzene rings is 2. The molecule has 0 aliphatic rings. The molecule has 0 spiro atoms. The lowest BCUT2D eigenvalue weighted by Crippen LogP contribution is -2.20. The zero-order chi connectivity index (χ0) is 18.7. The number of imidazole rings is 1. The van der Waals surface area contributed by atoms with E-state index < -0.39 is 0 Å². The Morgan fingerprint density at radius 3 is 2.57 bits per heavy atom. The molecule has 3 aromatic rings. The number of rotatable bonds is 8. The molecule has 4 nitrogen and oxygen atoms in total. The van der Waals surface area contributed by atoms with Gasteiger partial charge in [0.25, 0.3) is 0 Å². The highest BCUT2D eigenvalue weighted by atomic mass is 79.9. The van der Waals surface area contributed by atoms with Crippen molar-refractivity contribution in [2.24, 2.45) is 4.99 Å². The van der Waals surface area contributed by atoms with Crippen LogP contribution in [0.3, 0.4) is 0 Å². The van der Waals surface area contributed by atoms with Gasteiger partial charge in [0.15, 0.2) is 5.17 Å². The van der Waals surface area contributed by atoms with E-state index in [0.717, 1.165) is 35.3 Å². The molecule has 148 valence electrons. The lowest BCUT2D eigenvalue weighted by molar-refractivity contribution is 0.897. The third-order valence-corrected chi connectivity index (χ3v) is 5.28. The maximum atomic E-state index is 5.96. The van der Waals surface area contributed by atoms with Gasteiger partial charge in [-0.1, -0.05) is 65.8 Å². The van der Waals surface area contributed by atoms with Crippen LogP contribution in [0, 0.1) is 0 Å². The van der Waals surface area contributed by atoms with Gasteiger partial charge in [0.1, 0.15) is 0 Å². The summed E-state index contributed by atoms with van der Waals surface area (Å²) in [6.07, 6.45) is 5.67. The van der Waals surface area contributed by atoms with E-state index in [-0.39, 0.29) is 17.0 Å². The van der Waals surface area contributed by atoms with Crippen molar-refractivity contribution < 1.29 is 0 Å². The highest BCUT2D eigenvalue weighted by Gasteiger charge is 2.03. The number of aromatic nitrogens is 2. The topological polar surface area (TPSA) is 53.1 Å². The van der Waals surface area contributed by atoms with Gasteiger partial charge in [-0.2, -0.15) is 0 Å². The fourth-order valence-electron chi connectivity index (χ4n) is 2.53. The summed E-state index contributed by atoms with van der Waals surface area (Å²) >= 11 is 7.73. The molecular weight excluding hydrogens is 456 g/mol. The summed E-state index contributed by atoms with van der Waals surface area (Å²) in [6.45, 7) is 1.41. The van der Waals surface area contributed by atoms with Crippen LogP contribution in [-0.4, -0.2) is 20.9 Å². The first-order valence-electron chi connectivity index (χ1n) is 8.96. The first-order valence-corrected chi connectivity index (χ1v) is 10.3. The van der Waals surface area contributed by atoms with Gasteiger partial charge in [-0.05, 0) is 36.1 Å². The third-order valence-electron chi connectivity index (χ3n) is 3.99. The maximum absolute atomic E-state index is 5.96. The van der Waals surface area contributed by atoms with Crippen LogP contribution in [0.5, 0.6) is 0 Å². The Hall–Kier alpha value is -1.76. The van der Waals surface area contributed by atoms with Gasteiger partial charge in [-0.25, -0.2) is 4.98 Å². The molecule has 7 heteroatoms. The molecule has 0 aliphatic carbocycles. The van der Waals surface area contributed by atoms with Gasteiger partial charge in [0.2, 0.25) is 0 Å². The molecule has 0 radical (unpaired) electrons. The molecule has 0 atom stereocenters. The minimum absolute atomic E-state index is 0. The van der Waals surface area contributed by atoms with Crippen molar-refractivity contribution in [1.82, 2.24) is 15.3 Å². The van der Waals surface area contributed by atoms with Crippen LogP contribution in [0.4, 0.5) is 0 Å². The smallest absolute Gasteiger partial charge is 0.157 e. The second kappa shape index (κ2) is 12.6. The second-order valence-electron chi connectivity index (χ2n) is 6.12. The molecule has 0 unspecified atom stereocenters. The van der Waals surface area contributed by atoms with Gasteiger partial charge in [0, 0.05) is 29.2 Å². The zero-order valence-corrected chi connectivity index (χ0v) is 18.8. The SMILES string of the molecule is Br.Clc1ccc(CNC(=NCc2ccccc2)SCCCc2cnc[nH]2)cc1. The molecule has 0 fully saturated rings. The third kappa shape index (κ3) is 8.09. The second-order valence-corrected chi connectivity index (χ2v) is 7.64. The van der Waals surface area contributed by atoms with Crippen LogP contribution in [0.2, 0.25) is 5.02 Å². The normalized spacial score (nSPS) is 11.1. The highest BCUT2D eigenvalue weighted by molar-refractivity contribution is 8.93. The largest absolute Gasteiger partial charge is 0.361 e. The number of hydrogen-bond acceptors (Lipinski definition) is 3. The Labute approximate surface area is 186 Å². The van der Waals surface area contributed by atoms with E-state index >= 15 is 0 Å². The minimum atomic E-state index is 0. The van der Waals surface area contributed by atoms with E-state index in [1.165, 1.54) is 16.8 Å². The van der Waals surface area contributed by atoms with Crippen LogP contribution in [0.1, 0.15) is 23.2 Å². The molecule has 2 N–H and O–H groups in total. The molecular formula is C21H24BrClN4S. The first-order chi connectivity index (χ1) is 13.3. The number of halogens is 2. The first kappa shape index (κ1) is 22.5. The van der Waals surface area contributed by atoms with E-state index in [0.29, 0.717) is 6.54 Å². The van der Waals surface area contributed by atoms with Gasteiger partial charge in [-0.3, -0.25) is 4.99 Å². The molecule has 1 aromatic heterocycles. The number of aryl methyl sites for hydroxylation is 1. The van der Waals surface area contributed by atoms with Crippen LogP contribution in [0.15, 0.2) is 72.1 Å². The van der Waals surface area contributed by atoms with Crippen molar-refractivity contribution in [3.63, 3.8) is 0 Å². The summed E-state index contributed by atoms with van der Waals surface area (Å²) in [5.74, 6) is 1.00. The van der Waals surface area contributed by atoms with Crippen LogP contribution >= 0.6 is 40.3 Å². The van der Waals surface area contributed by atoms with Crippen molar-refractivity contribution in [2.45, 2.75) is 25.9 Å². The van der Waals surface area contributed by atoms with E-state index in [9.17, 15) is 0 Å². The average Bonchev–Trinajstić information content (AvgIpc) is 3.22. The van der Waals surface area contributed by atoms with Crippen LogP contribution in [-0.2, 0) is 19.5 Å². The summed E-state index contributed by atoms with van der Waals surface area (Å²) in [5, 5.41) is 5.19. The Bertz CT molecular complexity index is 823. The van der Waals surface area contributed by atoms with Crippen molar-refractivity contribution in [3.05, 3.63) is 89.0 Å². The predicted octanol–water partition coefficient (Wildman–Crippen LogP) is 5.65. The molecule has 0 amide bonds. The van der Waals surface area contributed by atoms with Crippen molar-refractivity contribution in [2.75, 3.05) is 5.75 Å². The fourth-order valence-corrected chi connectivity index (χ4v) is 3.47. The van der Waals surface area contributed by atoms with Crippen molar-refractivity contribution >= 4 is 45.5 Å². The Kier molecular flexibility index (Phi) is 10.2. The highest BCUT2D eigenvalue weighted by Crippen LogP contribution is 2.12. The quantitative estimate of drug-likeness (QED) is 0.249. The standard InChI is InChI=1S/C21H23ClN4S.BrH/c22-19-10-8-18(9-11-19)14-25-21(24-13-17-5-2-1-3-6-17)27-12-4-7-20-15-23-16-26-20;/h1-3,5-6,8-11,15-16H,4,7,12-14H2,(H,23,26)(H,24,25);1H. The average molecular weight is 480 g/mol. The van der Waals surface area contributed by atoms with Crippen LogP contribution < -0.4 is 5.32 Å². The number of H-pyrrole nitrogens is 1. The Morgan fingerprint density at radius 1 is 1.07 bits per heavy atom. The fraction of sp³-hybridized carbons (Fsp3) is 0.238. The number of aliphatic imine (C=N–C) groups is 1. The van der Waals surface area contributed by atoms with Gasteiger partial charge < -0.3 is 10.3 Å². The lowest BCUT2D eigenvalue weighted by atomic mass is 10.2. The maximum Gasteiger partial charge on any atom is 0.157 e. The molecule has 0 saturated heterocycles.